The molecule has 1 aliphatic carbocycles. The molecular weight excluding hydrogens is 366 g/mol. The average molecular weight is 400 g/mol. The second kappa shape index (κ2) is 10.8. The first kappa shape index (κ1) is 21.1. The number of likely N-dealkylation sites (tertiary alicyclic amines) is 1. The lowest BCUT2D eigenvalue weighted by molar-refractivity contribution is -0.135. The number of hydrogen-bond acceptors (Lipinski definition) is 3. The molecule has 1 heterocycles. The van der Waals surface area contributed by atoms with E-state index < -0.39 is 0 Å². The van der Waals surface area contributed by atoms with Gasteiger partial charge in [-0.1, -0.05) is 37.5 Å². The van der Waals surface area contributed by atoms with Gasteiger partial charge in [-0.05, 0) is 38.3 Å². The average Bonchev–Trinajstić information content (AvgIpc) is 3.21. The Balaban J connectivity index is 1.48. The molecule has 3 rings (SSSR count). The molecule has 1 atom stereocenters. The van der Waals surface area contributed by atoms with Crippen molar-refractivity contribution in [2.75, 3.05) is 31.5 Å². The first-order chi connectivity index (χ1) is 14.2. The van der Waals surface area contributed by atoms with E-state index >= 15 is 0 Å². The molecule has 2 aliphatic rings. The lowest BCUT2D eigenvalue weighted by atomic mass is 9.88. The quantitative estimate of drug-likeness (QED) is 0.506. The van der Waals surface area contributed by atoms with Crippen molar-refractivity contribution in [1.29, 1.82) is 0 Å². The highest BCUT2D eigenvalue weighted by molar-refractivity contribution is 5.94. The predicted octanol–water partition coefficient (Wildman–Crippen LogP) is 2.36. The number of rotatable bonds is 6. The minimum Gasteiger partial charge on any atom is -0.357 e. The van der Waals surface area contributed by atoms with Crippen molar-refractivity contribution >= 4 is 23.5 Å². The summed E-state index contributed by atoms with van der Waals surface area (Å²) in [7, 11) is 0. The molecular formula is C22H33N5O2. The molecule has 1 unspecified atom stereocenters. The first-order valence-electron chi connectivity index (χ1n) is 10.8. The number of amides is 2. The van der Waals surface area contributed by atoms with Crippen LogP contribution >= 0.6 is 0 Å². The standard InChI is InChI=1S/C22H33N5O2/c1-2-23-22(24-15-20(28)25-18-11-7-4-8-12-18)26-19-13-14-27(16-19)21(29)17-9-5-3-6-10-17/h4,7-8,11-12,17,19H,2-3,5-6,9-10,13-16H2,1H3,(H,25,28)(H2,23,24,26). The van der Waals surface area contributed by atoms with Crippen molar-refractivity contribution in [3.05, 3.63) is 30.3 Å². The molecule has 1 aliphatic heterocycles. The number of aliphatic imine (C=N–C) groups is 1. The van der Waals surface area contributed by atoms with E-state index in [-0.39, 0.29) is 24.4 Å². The summed E-state index contributed by atoms with van der Waals surface area (Å²) >= 11 is 0. The molecule has 0 aromatic heterocycles. The molecule has 0 bridgehead atoms. The summed E-state index contributed by atoms with van der Waals surface area (Å²) in [5, 5.41) is 9.42. The summed E-state index contributed by atoms with van der Waals surface area (Å²) in [5.41, 5.74) is 0.762. The van der Waals surface area contributed by atoms with Crippen molar-refractivity contribution in [2.24, 2.45) is 10.9 Å². The lowest BCUT2D eigenvalue weighted by Crippen LogP contribution is -2.46. The molecule has 29 heavy (non-hydrogen) atoms. The van der Waals surface area contributed by atoms with E-state index in [4.69, 9.17) is 0 Å². The van der Waals surface area contributed by atoms with Crippen LogP contribution in [0.1, 0.15) is 45.4 Å². The van der Waals surface area contributed by atoms with Crippen LogP contribution < -0.4 is 16.0 Å². The van der Waals surface area contributed by atoms with Crippen LogP contribution in [0.3, 0.4) is 0 Å². The van der Waals surface area contributed by atoms with E-state index in [1.54, 1.807) is 0 Å². The largest absolute Gasteiger partial charge is 0.357 e. The summed E-state index contributed by atoms with van der Waals surface area (Å²) in [6, 6.07) is 9.53. The van der Waals surface area contributed by atoms with Gasteiger partial charge in [0.15, 0.2) is 5.96 Å². The van der Waals surface area contributed by atoms with Crippen molar-refractivity contribution < 1.29 is 9.59 Å². The molecule has 1 saturated heterocycles. The maximum Gasteiger partial charge on any atom is 0.246 e. The van der Waals surface area contributed by atoms with Gasteiger partial charge in [-0.15, -0.1) is 0 Å². The second-order valence-electron chi connectivity index (χ2n) is 7.86. The van der Waals surface area contributed by atoms with Crippen LogP contribution in [0.4, 0.5) is 5.69 Å². The maximum absolute atomic E-state index is 12.7. The number of carbonyl (C=O) groups excluding carboxylic acids is 2. The normalized spacial score (nSPS) is 20.4. The van der Waals surface area contributed by atoms with E-state index in [1.165, 1.54) is 19.3 Å². The summed E-state index contributed by atoms with van der Waals surface area (Å²) in [6.07, 6.45) is 6.58. The number of benzene rings is 1. The Morgan fingerprint density at radius 3 is 2.59 bits per heavy atom. The van der Waals surface area contributed by atoms with Crippen LogP contribution in [-0.4, -0.2) is 54.9 Å². The molecule has 2 fully saturated rings. The molecule has 0 radical (unpaired) electrons. The Labute approximate surface area is 173 Å². The van der Waals surface area contributed by atoms with Gasteiger partial charge in [0.1, 0.15) is 6.54 Å². The predicted molar refractivity (Wildman–Crippen MR) is 116 cm³/mol. The second-order valence-corrected chi connectivity index (χ2v) is 7.86. The zero-order valence-corrected chi connectivity index (χ0v) is 17.3. The van der Waals surface area contributed by atoms with Gasteiger partial charge >= 0.3 is 0 Å². The van der Waals surface area contributed by atoms with Crippen LogP contribution in [0.5, 0.6) is 0 Å². The Hall–Kier alpha value is -2.57. The van der Waals surface area contributed by atoms with Gasteiger partial charge in [0.2, 0.25) is 11.8 Å². The van der Waals surface area contributed by atoms with E-state index in [9.17, 15) is 9.59 Å². The molecule has 7 nitrogen and oxygen atoms in total. The molecule has 2 amide bonds. The highest BCUT2D eigenvalue weighted by atomic mass is 16.2. The Bertz CT molecular complexity index is 700. The maximum atomic E-state index is 12.7. The molecule has 7 heteroatoms. The number of nitrogens with zero attached hydrogens (tertiary/aromatic N) is 2. The van der Waals surface area contributed by atoms with E-state index in [2.05, 4.69) is 20.9 Å². The number of guanidine groups is 1. The van der Waals surface area contributed by atoms with E-state index in [1.807, 2.05) is 42.2 Å². The van der Waals surface area contributed by atoms with Gasteiger partial charge in [0.25, 0.3) is 0 Å². The molecule has 158 valence electrons. The van der Waals surface area contributed by atoms with E-state index in [0.717, 1.165) is 31.5 Å². The van der Waals surface area contributed by atoms with Gasteiger partial charge in [-0.25, -0.2) is 4.99 Å². The summed E-state index contributed by atoms with van der Waals surface area (Å²) in [5.74, 6) is 0.992. The summed E-state index contributed by atoms with van der Waals surface area (Å²) in [4.78, 5) is 31.3. The third-order valence-electron chi connectivity index (χ3n) is 5.58. The smallest absolute Gasteiger partial charge is 0.246 e. The number of para-hydroxylation sites is 1. The fourth-order valence-electron chi connectivity index (χ4n) is 4.07. The van der Waals surface area contributed by atoms with Crippen molar-refractivity contribution in [1.82, 2.24) is 15.5 Å². The number of carbonyl (C=O) groups is 2. The Kier molecular flexibility index (Phi) is 7.90. The Morgan fingerprint density at radius 1 is 1.10 bits per heavy atom. The first-order valence-corrected chi connectivity index (χ1v) is 10.8. The number of nitrogens with one attached hydrogen (secondary N) is 3. The van der Waals surface area contributed by atoms with Crippen molar-refractivity contribution in [3.63, 3.8) is 0 Å². The number of hydrogen-bond donors (Lipinski definition) is 3. The van der Waals surface area contributed by atoms with Crippen molar-refractivity contribution in [2.45, 2.75) is 51.5 Å². The molecule has 1 saturated carbocycles. The lowest BCUT2D eigenvalue weighted by Gasteiger charge is -2.26. The fourth-order valence-corrected chi connectivity index (χ4v) is 4.07. The van der Waals surface area contributed by atoms with E-state index in [0.29, 0.717) is 25.0 Å². The third-order valence-corrected chi connectivity index (χ3v) is 5.58. The van der Waals surface area contributed by atoms with Crippen LogP contribution in [0.25, 0.3) is 0 Å². The highest BCUT2D eigenvalue weighted by Crippen LogP contribution is 2.26. The number of anilines is 1. The van der Waals surface area contributed by atoms with Crippen LogP contribution in [0.2, 0.25) is 0 Å². The topological polar surface area (TPSA) is 85.8 Å². The zero-order valence-electron chi connectivity index (χ0n) is 17.3. The third kappa shape index (κ3) is 6.48. The molecule has 1 aromatic carbocycles. The Morgan fingerprint density at radius 2 is 1.86 bits per heavy atom. The molecule has 1 aromatic rings. The molecule has 3 N–H and O–H groups in total. The van der Waals surface area contributed by atoms with Crippen LogP contribution in [0.15, 0.2) is 35.3 Å². The summed E-state index contributed by atoms with van der Waals surface area (Å²) < 4.78 is 0. The van der Waals surface area contributed by atoms with Gasteiger partial charge in [0, 0.05) is 37.3 Å². The van der Waals surface area contributed by atoms with Crippen LogP contribution in [0, 0.1) is 5.92 Å². The van der Waals surface area contributed by atoms with Gasteiger partial charge in [-0.2, -0.15) is 0 Å². The molecule has 0 spiro atoms. The van der Waals surface area contributed by atoms with Gasteiger partial charge in [-0.3, -0.25) is 9.59 Å². The van der Waals surface area contributed by atoms with Gasteiger partial charge < -0.3 is 20.9 Å². The SMILES string of the molecule is CCNC(=NCC(=O)Nc1ccccc1)NC1CCN(C(=O)C2CCCCC2)C1. The highest BCUT2D eigenvalue weighted by Gasteiger charge is 2.31. The minimum absolute atomic E-state index is 0.0433. The minimum atomic E-state index is -0.158. The monoisotopic (exact) mass is 399 g/mol. The summed E-state index contributed by atoms with van der Waals surface area (Å²) in [6.45, 7) is 4.25. The van der Waals surface area contributed by atoms with Crippen molar-refractivity contribution in [3.8, 4) is 0 Å². The zero-order chi connectivity index (χ0) is 20.5. The van der Waals surface area contributed by atoms with Crippen LogP contribution in [-0.2, 0) is 9.59 Å². The fraction of sp³-hybridized carbons (Fsp3) is 0.591. The van der Waals surface area contributed by atoms with Gasteiger partial charge in [0.05, 0.1) is 0 Å².